The molecular weight excluding hydrogens is 426 g/mol. The van der Waals surface area contributed by atoms with Gasteiger partial charge in [-0.15, -0.1) is 10.2 Å². The lowest BCUT2D eigenvalue weighted by atomic mass is 10.2. The molecule has 1 N–H and O–H groups in total. The van der Waals surface area contributed by atoms with Gasteiger partial charge in [0.2, 0.25) is 0 Å². The number of carbonyl (C=O) groups excluding carboxylic acids is 1. The Morgan fingerprint density at radius 2 is 1.84 bits per heavy atom. The molecule has 0 radical (unpaired) electrons. The van der Waals surface area contributed by atoms with Crippen molar-refractivity contribution in [2.45, 2.75) is 24.3 Å². The SMILES string of the molecule is C[C@H](NC(=O)c1cccc(S(=O)(=O)N2CCc3ccccc32)c1)c1nnc2ccccn12. The van der Waals surface area contributed by atoms with Crippen molar-refractivity contribution in [2.24, 2.45) is 0 Å². The summed E-state index contributed by atoms with van der Waals surface area (Å²) in [5.74, 6) is 0.204. The zero-order chi connectivity index (χ0) is 22.3. The molecule has 8 nitrogen and oxygen atoms in total. The van der Waals surface area contributed by atoms with E-state index in [4.69, 9.17) is 0 Å². The van der Waals surface area contributed by atoms with Crippen LogP contribution in [0.3, 0.4) is 0 Å². The van der Waals surface area contributed by atoms with Crippen molar-refractivity contribution in [3.8, 4) is 0 Å². The Labute approximate surface area is 185 Å². The van der Waals surface area contributed by atoms with Gasteiger partial charge >= 0.3 is 0 Å². The number of para-hydroxylation sites is 1. The minimum Gasteiger partial charge on any atom is -0.342 e. The molecule has 1 aliphatic heterocycles. The number of nitrogens with zero attached hydrogens (tertiary/aromatic N) is 4. The number of hydrogen-bond acceptors (Lipinski definition) is 5. The zero-order valence-corrected chi connectivity index (χ0v) is 18.2. The second-order valence-corrected chi connectivity index (χ2v) is 9.53. The van der Waals surface area contributed by atoms with Crippen molar-refractivity contribution in [1.29, 1.82) is 0 Å². The minimum absolute atomic E-state index is 0.0856. The van der Waals surface area contributed by atoms with E-state index in [9.17, 15) is 13.2 Å². The topological polar surface area (TPSA) is 96.7 Å². The van der Waals surface area contributed by atoms with Crippen LogP contribution in [-0.4, -0.2) is 35.5 Å². The van der Waals surface area contributed by atoms with Crippen LogP contribution in [0.2, 0.25) is 0 Å². The summed E-state index contributed by atoms with van der Waals surface area (Å²) >= 11 is 0. The number of hydrogen-bond donors (Lipinski definition) is 1. The Balaban J connectivity index is 1.40. The fourth-order valence-corrected chi connectivity index (χ4v) is 5.53. The third-order valence-electron chi connectivity index (χ3n) is 5.60. The maximum absolute atomic E-state index is 13.3. The van der Waals surface area contributed by atoms with Crippen molar-refractivity contribution < 1.29 is 13.2 Å². The van der Waals surface area contributed by atoms with Crippen LogP contribution in [0.15, 0.2) is 77.8 Å². The van der Waals surface area contributed by atoms with Crippen molar-refractivity contribution >= 4 is 27.3 Å². The fraction of sp³-hybridized carbons (Fsp3) is 0.174. The van der Waals surface area contributed by atoms with Gasteiger partial charge in [-0.1, -0.05) is 30.3 Å². The van der Waals surface area contributed by atoms with Gasteiger partial charge in [0.1, 0.15) is 0 Å². The van der Waals surface area contributed by atoms with Gasteiger partial charge in [-0.3, -0.25) is 13.5 Å². The van der Waals surface area contributed by atoms with Gasteiger partial charge < -0.3 is 5.32 Å². The summed E-state index contributed by atoms with van der Waals surface area (Å²) in [5, 5.41) is 11.2. The molecule has 162 valence electrons. The van der Waals surface area contributed by atoms with Crippen molar-refractivity contribution in [3.05, 3.63) is 89.9 Å². The summed E-state index contributed by atoms with van der Waals surface area (Å²) in [5.41, 5.74) is 2.64. The standard InChI is InChI=1S/C23H21N5O3S/c1-16(22-26-25-21-11-4-5-13-27(21)22)24-23(29)18-8-6-9-19(15-18)32(30,31)28-14-12-17-7-2-3-10-20(17)28/h2-11,13,15-16H,12,14H2,1H3,(H,24,29)/t16-/m0/s1. The Morgan fingerprint density at radius 1 is 1.03 bits per heavy atom. The first-order valence-corrected chi connectivity index (χ1v) is 11.7. The van der Waals surface area contributed by atoms with Gasteiger partial charge in [-0.05, 0) is 55.3 Å². The number of anilines is 1. The number of pyridine rings is 1. The van der Waals surface area contributed by atoms with Gasteiger partial charge in [0.05, 0.1) is 16.6 Å². The third kappa shape index (κ3) is 3.40. The number of sulfonamides is 1. The molecule has 0 fully saturated rings. The lowest BCUT2D eigenvalue weighted by Gasteiger charge is -2.20. The summed E-state index contributed by atoms with van der Waals surface area (Å²) in [4.78, 5) is 13.0. The van der Waals surface area contributed by atoms with Crippen molar-refractivity contribution in [3.63, 3.8) is 0 Å². The second kappa shape index (κ2) is 7.76. The third-order valence-corrected chi connectivity index (χ3v) is 7.41. The van der Waals surface area contributed by atoms with Crippen LogP contribution in [0.1, 0.15) is 34.7 Å². The summed E-state index contributed by atoms with van der Waals surface area (Å²) in [6, 6.07) is 18.7. The number of carbonyl (C=O) groups is 1. The molecule has 0 saturated heterocycles. The normalized spacial score (nSPS) is 14.3. The molecule has 1 amide bonds. The van der Waals surface area contributed by atoms with E-state index in [0.717, 1.165) is 5.56 Å². The molecule has 2 aromatic heterocycles. The van der Waals surface area contributed by atoms with Crippen LogP contribution in [0.25, 0.3) is 5.65 Å². The molecule has 4 aromatic rings. The lowest BCUT2D eigenvalue weighted by Crippen LogP contribution is -2.30. The number of rotatable bonds is 5. The predicted molar refractivity (Wildman–Crippen MR) is 120 cm³/mol. The average Bonchev–Trinajstić information content (AvgIpc) is 3.44. The van der Waals surface area contributed by atoms with E-state index in [1.807, 2.05) is 49.5 Å². The molecule has 1 aliphatic rings. The average molecular weight is 448 g/mol. The Bertz CT molecular complexity index is 1430. The molecule has 0 aliphatic carbocycles. The molecule has 9 heteroatoms. The van der Waals surface area contributed by atoms with Crippen LogP contribution in [0.5, 0.6) is 0 Å². The van der Waals surface area contributed by atoms with Gasteiger partial charge in [0, 0.05) is 18.3 Å². The number of benzene rings is 2. The maximum Gasteiger partial charge on any atom is 0.264 e. The Hall–Kier alpha value is -3.72. The molecule has 0 unspecified atom stereocenters. The summed E-state index contributed by atoms with van der Waals surface area (Å²) in [6.07, 6.45) is 2.49. The molecular formula is C23H21N5O3S. The van der Waals surface area contributed by atoms with Gasteiger partial charge in [0.15, 0.2) is 11.5 Å². The summed E-state index contributed by atoms with van der Waals surface area (Å²) < 4.78 is 29.8. The number of fused-ring (bicyclic) bond motifs is 2. The molecule has 0 saturated carbocycles. The monoisotopic (exact) mass is 447 g/mol. The first-order valence-electron chi connectivity index (χ1n) is 10.3. The van der Waals surface area contributed by atoms with E-state index in [2.05, 4.69) is 15.5 Å². The molecule has 0 bridgehead atoms. The van der Waals surface area contributed by atoms with E-state index in [-0.39, 0.29) is 16.4 Å². The molecule has 2 aromatic carbocycles. The van der Waals surface area contributed by atoms with Crippen LogP contribution in [-0.2, 0) is 16.4 Å². The van der Waals surface area contributed by atoms with Crippen molar-refractivity contribution in [2.75, 3.05) is 10.8 Å². The summed E-state index contributed by atoms with van der Waals surface area (Å²) in [7, 11) is -3.78. The first-order chi connectivity index (χ1) is 15.4. The number of nitrogens with one attached hydrogen (secondary N) is 1. The number of amides is 1. The molecule has 5 rings (SSSR count). The second-order valence-electron chi connectivity index (χ2n) is 7.67. The highest BCUT2D eigenvalue weighted by Gasteiger charge is 2.31. The van der Waals surface area contributed by atoms with Gasteiger partial charge in [0.25, 0.3) is 15.9 Å². The van der Waals surface area contributed by atoms with E-state index < -0.39 is 16.1 Å². The summed E-state index contributed by atoms with van der Waals surface area (Å²) in [6.45, 7) is 2.19. The molecule has 1 atom stereocenters. The minimum atomic E-state index is -3.78. The Morgan fingerprint density at radius 3 is 2.72 bits per heavy atom. The predicted octanol–water partition coefficient (Wildman–Crippen LogP) is 2.97. The highest BCUT2D eigenvalue weighted by atomic mass is 32.2. The smallest absolute Gasteiger partial charge is 0.264 e. The van der Waals surface area contributed by atoms with E-state index >= 15 is 0 Å². The van der Waals surface area contributed by atoms with Crippen LogP contribution >= 0.6 is 0 Å². The molecule has 32 heavy (non-hydrogen) atoms. The van der Waals surface area contributed by atoms with Crippen LogP contribution in [0.4, 0.5) is 5.69 Å². The van der Waals surface area contributed by atoms with Gasteiger partial charge in [-0.25, -0.2) is 8.42 Å². The van der Waals surface area contributed by atoms with Gasteiger partial charge in [-0.2, -0.15) is 0 Å². The fourth-order valence-electron chi connectivity index (χ4n) is 3.98. The molecule has 3 heterocycles. The van der Waals surface area contributed by atoms with Crippen LogP contribution in [0, 0.1) is 0 Å². The highest BCUT2D eigenvalue weighted by molar-refractivity contribution is 7.92. The quantitative estimate of drug-likeness (QED) is 0.507. The van der Waals surface area contributed by atoms with E-state index in [1.165, 1.54) is 16.4 Å². The largest absolute Gasteiger partial charge is 0.342 e. The van der Waals surface area contributed by atoms with E-state index in [0.29, 0.717) is 30.1 Å². The zero-order valence-electron chi connectivity index (χ0n) is 17.3. The number of aromatic nitrogens is 3. The molecule has 0 spiro atoms. The maximum atomic E-state index is 13.3. The van der Waals surface area contributed by atoms with E-state index in [1.54, 1.807) is 22.6 Å². The van der Waals surface area contributed by atoms with Crippen LogP contribution < -0.4 is 9.62 Å². The first kappa shape index (κ1) is 20.2. The lowest BCUT2D eigenvalue weighted by molar-refractivity contribution is 0.0938. The Kier molecular flexibility index (Phi) is 4.90. The highest BCUT2D eigenvalue weighted by Crippen LogP contribution is 2.32. The van der Waals surface area contributed by atoms with Crippen molar-refractivity contribution in [1.82, 2.24) is 19.9 Å².